The number of carbonyl (C=O) groups is 2. The van der Waals surface area contributed by atoms with Gasteiger partial charge < -0.3 is 20.2 Å². The fourth-order valence-corrected chi connectivity index (χ4v) is 4.68. The smallest absolute Gasteiger partial charge is 0.222 e. The Balaban J connectivity index is 1.40. The van der Waals surface area contributed by atoms with Gasteiger partial charge in [-0.15, -0.1) is 0 Å². The largest absolute Gasteiger partial charge is 0.388 e. The molecule has 1 aromatic heterocycles. The summed E-state index contributed by atoms with van der Waals surface area (Å²) in [7, 11) is 0. The highest BCUT2D eigenvalue weighted by molar-refractivity contribution is 5.76. The highest BCUT2D eigenvalue weighted by Crippen LogP contribution is 2.25. The van der Waals surface area contributed by atoms with Gasteiger partial charge in [-0.2, -0.15) is 0 Å². The third kappa shape index (κ3) is 7.06. The second-order valence-corrected chi connectivity index (χ2v) is 8.92. The van der Waals surface area contributed by atoms with Gasteiger partial charge in [-0.1, -0.05) is 0 Å². The van der Waals surface area contributed by atoms with Crippen molar-refractivity contribution in [3.63, 3.8) is 0 Å². The first-order valence-electron chi connectivity index (χ1n) is 11.3. The summed E-state index contributed by atoms with van der Waals surface area (Å²) in [5, 5.41) is 14.2. The van der Waals surface area contributed by atoms with Gasteiger partial charge in [0, 0.05) is 64.5 Å². The average molecular weight is 417 g/mol. The zero-order valence-corrected chi connectivity index (χ0v) is 18.2. The minimum atomic E-state index is -0.729. The number of aryl methyl sites for hydroxylation is 1. The minimum Gasteiger partial charge on any atom is -0.388 e. The van der Waals surface area contributed by atoms with Crippen LogP contribution in [-0.2, 0) is 16.0 Å². The topological polar surface area (TPSA) is 85.8 Å². The summed E-state index contributed by atoms with van der Waals surface area (Å²) in [4.78, 5) is 32.1. The van der Waals surface area contributed by atoms with E-state index in [0.717, 1.165) is 58.2 Å². The van der Waals surface area contributed by atoms with Gasteiger partial charge in [-0.05, 0) is 62.6 Å². The number of hydrogen-bond donors (Lipinski definition) is 2. The molecule has 2 aliphatic heterocycles. The summed E-state index contributed by atoms with van der Waals surface area (Å²) in [6.45, 7) is 5.38. The highest BCUT2D eigenvalue weighted by Gasteiger charge is 2.34. The summed E-state index contributed by atoms with van der Waals surface area (Å²) >= 11 is 0. The van der Waals surface area contributed by atoms with Crippen molar-refractivity contribution in [3.05, 3.63) is 30.1 Å². The number of carbonyl (C=O) groups excluding carboxylic acids is 2. The molecule has 0 aromatic carbocycles. The Kier molecular flexibility index (Phi) is 8.22. The number of nitrogens with zero attached hydrogens (tertiary/aromatic N) is 3. The number of rotatable bonds is 7. The maximum absolute atomic E-state index is 12.7. The number of piperidine rings is 1. The lowest BCUT2D eigenvalue weighted by Crippen LogP contribution is -2.50. The lowest BCUT2D eigenvalue weighted by molar-refractivity contribution is -0.131. The number of aromatic nitrogens is 1. The highest BCUT2D eigenvalue weighted by atomic mass is 16.3. The fourth-order valence-electron chi connectivity index (χ4n) is 4.68. The standard InChI is InChI=1S/C23H36N4O3/c1-19(28)25-21-8-15-26(16-9-21)18-23(30)10-3-14-27(17-11-23)22(29)5-2-4-20-6-12-24-13-7-20/h6-7,12-13,21,30H,2-5,8-11,14-18H2,1H3,(H,25,28)/t23-/m0/s1. The van der Waals surface area contributed by atoms with Gasteiger partial charge >= 0.3 is 0 Å². The zero-order chi connectivity index (χ0) is 21.4. The Labute approximate surface area is 179 Å². The van der Waals surface area contributed by atoms with Crippen molar-refractivity contribution in [1.82, 2.24) is 20.1 Å². The Morgan fingerprint density at radius 1 is 1.17 bits per heavy atom. The molecule has 2 saturated heterocycles. The van der Waals surface area contributed by atoms with Crippen LogP contribution >= 0.6 is 0 Å². The van der Waals surface area contributed by atoms with Crippen molar-refractivity contribution in [3.8, 4) is 0 Å². The molecule has 2 fully saturated rings. The van der Waals surface area contributed by atoms with E-state index < -0.39 is 5.60 Å². The van der Waals surface area contributed by atoms with Gasteiger partial charge in [0.1, 0.15) is 0 Å². The molecule has 0 spiro atoms. The predicted octanol–water partition coefficient (Wildman–Crippen LogP) is 1.75. The summed E-state index contributed by atoms with van der Waals surface area (Å²) in [6, 6.07) is 4.24. The number of likely N-dealkylation sites (tertiary alicyclic amines) is 2. The van der Waals surface area contributed by atoms with E-state index in [0.29, 0.717) is 25.9 Å². The molecule has 2 aliphatic rings. The Morgan fingerprint density at radius 3 is 2.60 bits per heavy atom. The molecule has 0 saturated carbocycles. The molecule has 1 aromatic rings. The van der Waals surface area contributed by atoms with Crippen LogP contribution in [0.25, 0.3) is 0 Å². The molecule has 2 amide bonds. The lowest BCUT2D eigenvalue weighted by Gasteiger charge is -2.38. The molecule has 30 heavy (non-hydrogen) atoms. The summed E-state index contributed by atoms with van der Waals surface area (Å²) in [5.74, 6) is 0.228. The van der Waals surface area contributed by atoms with E-state index in [1.54, 1.807) is 19.3 Å². The van der Waals surface area contributed by atoms with Crippen LogP contribution in [0.4, 0.5) is 0 Å². The second-order valence-electron chi connectivity index (χ2n) is 8.92. The van der Waals surface area contributed by atoms with Crippen molar-refractivity contribution >= 4 is 11.8 Å². The number of hydrogen-bond acceptors (Lipinski definition) is 5. The predicted molar refractivity (Wildman–Crippen MR) is 116 cm³/mol. The van der Waals surface area contributed by atoms with Gasteiger partial charge in [0.25, 0.3) is 0 Å². The number of nitrogens with one attached hydrogen (secondary N) is 1. The van der Waals surface area contributed by atoms with Crippen LogP contribution in [0.1, 0.15) is 57.4 Å². The van der Waals surface area contributed by atoms with Crippen LogP contribution in [0.5, 0.6) is 0 Å². The molecule has 166 valence electrons. The third-order valence-corrected chi connectivity index (χ3v) is 6.39. The fraction of sp³-hybridized carbons (Fsp3) is 0.696. The SMILES string of the molecule is CC(=O)NC1CCN(C[C@]2(O)CCCN(C(=O)CCCc3ccncc3)CC2)CC1. The molecular formula is C23H36N4O3. The quantitative estimate of drug-likeness (QED) is 0.707. The molecule has 7 nitrogen and oxygen atoms in total. The van der Waals surface area contributed by atoms with Gasteiger partial charge in [0.05, 0.1) is 5.60 Å². The monoisotopic (exact) mass is 416 g/mol. The second kappa shape index (κ2) is 10.9. The third-order valence-electron chi connectivity index (χ3n) is 6.39. The molecule has 1 atom stereocenters. The van der Waals surface area contributed by atoms with Crippen LogP contribution in [0.3, 0.4) is 0 Å². The minimum absolute atomic E-state index is 0.0291. The van der Waals surface area contributed by atoms with Crippen LogP contribution in [0.15, 0.2) is 24.5 Å². The Bertz CT molecular complexity index is 691. The van der Waals surface area contributed by atoms with E-state index in [1.165, 1.54) is 5.56 Å². The molecule has 2 N–H and O–H groups in total. The van der Waals surface area contributed by atoms with Gasteiger partial charge in [0.15, 0.2) is 0 Å². The van der Waals surface area contributed by atoms with Crippen LogP contribution in [0.2, 0.25) is 0 Å². The van der Waals surface area contributed by atoms with Gasteiger partial charge in [-0.25, -0.2) is 0 Å². The molecule has 3 heterocycles. The van der Waals surface area contributed by atoms with E-state index in [1.807, 2.05) is 17.0 Å². The van der Waals surface area contributed by atoms with Crippen molar-refractivity contribution in [1.29, 1.82) is 0 Å². The maximum atomic E-state index is 12.7. The number of pyridine rings is 1. The average Bonchev–Trinajstić information content (AvgIpc) is 2.91. The van der Waals surface area contributed by atoms with E-state index in [-0.39, 0.29) is 17.9 Å². The van der Waals surface area contributed by atoms with E-state index in [4.69, 9.17) is 0 Å². The molecule has 0 radical (unpaired) electrons. The van der Waals surface area contributed by atoms with Crippen molar-refractivity contribution in [2.75, 3.05) is 32.7 Å². The summed E-state index contributed by atoms with van der Waals surface area (Å²) in [5.41, 5.74) is 0.484. The summed E-state index contributed by atoms with van der Waals surface area (Å²) < 4.78 is 0. The molecule has 7 heteroatoms. The van der Waals surface area contributed by atoms with Crippen LogP contribution < -0.4 is 5.32 Å². The Hall–Kier alpha value is -1.99. The van der Waals surface area contributed by atoms with Crippen molar-refractivity contribution < 1.29 is 14.7 Å². The normalized spacial score (nSPS) is 23.7. The number of amides is 2. The van der Waals surface area contributed by atoms with E-state index >= 15 is 0 Å². The Morgan fingerprint density at radius 2 is 1.90 bits per heavy atom. The first-order chi connectivity index (χ1) is 14.4. The first kappa shape index (κ1) is 22.7. The van der Waals surface area contributed by atoms with Crippen molar-refractivity contribution in [2.45, 2.75) is 69.9 Å². The number of aliphatic hydroxyl groups is 1. The maximum Gasteiger partial charge on any atom is 0.222 e. The zero-order valence-electron chi connectivity index (χ0n) is 18.2. The number of β-amino-alcohol motifs (C(OH)–C–C–N with tert-alkyl or cyclic N) is 1. The van der Waals surface area contributed by atoms with E-state index in [2.05, 4.69) is 15.2 Å². The van der Waals surface area contributed by atoms with Gasteiger partial charge in [0.2, 0.25) is 11.8 Å². The van der Waals surface area contributed by atoms with E-state index in [9.17, 15) is 14.7 Å². The van der Waals surface area contributed by atoms with Crippen LogP contribution in [-0.4, -0.2) is 76.1 Å². The molecule has 0 bridgehead atoms. The van der Waals surface area contributed by atoms with Crippen molar-refractivity contribution in [2.24, 2.45) is 0 Å². The molecular weight excluding hydrogens is 380 g/mol. The summed E-state index contributed by atoms with van der Waals surface area (Å²) in [6.07, 6.45) is 9.92. The van der Waals surface area contributed by atoms with Crippen LogP contribution in [0, 0.1) is 0 Å². The van der Waals surface area contributed by atoms with Gasteiger partial charge in [-0.3, -0.25) is 14.6 Å². The first-order valence-corrected chi connectivity index (χ1v) is 11.3. The molecule has 3 rings (SSSR count). The molecule has 0 aliphatic carbocycles. The lowest BCUT2D eigenvalue weighted by atomic mass is 9.93. The molecule has 0 unspecified atom stereocenters.